The Morgan fingerprint density at radius 2 is 1.97 bits per heavy atom. The normalized spacial score (nSPS) is 11.3. The van der Waals surface area contributed by atoms with Crippen molar-refractivity contribution >= 4 is 50.1 Å². The summed E-state index contributed by atoms with van der Waals surface area (Å²) in [5, 5.41) is 17.9. The first-order chi connectivity index (χ1) is 16.8. The van der Waals surface area contributed by atoms with Gasteiger partial charge in [-0.25, -0.2) is 18.4 Å². The Labute approximate surface area is 210 Å². The highest BCUT2D eigenvalue weighted by atomic mass is 35.5. The fourth-order valence-corrected chi connectivity index (χ4v) is 4.04. The molecule has 0 saturated heterocycles. The summed E-state index contributed by atoms with van der Waals surface area (Å²) in [6.07, 6.45) is 2.46. The third-order valence-corrected chi connectivity index (χ3v) is 5.70. The smallest absolute Gasteiger partial charge is 0.236 e. The molecule has 0 unspecified atom stereocenters. The number of hydrogen-bond acceptors (Lipinski definition) is 8. The number of hydrogen-bond donors (Lipinski definition) is 2. The Kier molecular flexibility index (Phi) is 7.25. The molecule has 0 saturated carbocycles. The summed E-state index contributed by atoms with van der Waals surface area (Å²) in [6, 6.07) is 12.6. The molecule has 0 fully saturated rings. The largest absolute Gasteiger partial charge is 0.489 e. The van der Waals surface area contributed by atoms with Gasteiger partial charge in [0.1, 0.15) is 36.3 Å². The standard InChI is InChI=1S/C22H18Cl2N6O4S/c1-35(31,32)30-22-26-8-6-14(27-22)12-34-15-4-2-13(3-5-15)19-16-10-18(24)21(33-9-7-23)17(11-25)20(16)29-28-19/h2-6,8,10H,7,9,12H2,1H3,(H,28,29)(H,26,27,30). The number of ether oxygens (including phenoxy) is 2. The summed E-state index contributed by atoms with van der Waals surface area (Å²) in [6.45, 7) is 0.326. The highest BCUT2D eigenvalue weighted by Crippen LogP contribution is 2.38. The van der Waals surface area contributed by atoms with Gasteiger partial charge in [0.05, 0.1) is 28.4 Å². The maximum absolute atomic E-state index is 11.4. The van der Waals surface area contributed by atoms with Crippen LogP contribution in [0.3, 0.4) is 0 Å². The average Bonchev–Trinajstić information content (AvgIpc) is 3.24. The van der Waals surface area contributed by atoms with Crippen molar-refractivity contribution < 1.29 is 17.9 Å². The summed E-state index contributed by atoms with van der Waals surface area (Å²) in [5.74, 6) is 1.07. The molecule has 0 aliphatic heterocycles. The third kappa shape index (κ3) is 5.74. The quantitative estimate of drug-likeness (QED) is 0.306. The first-order valence-corrected chi connectivity index (χ1v) is 12.9. The number of rotatable bonds is 9. The van der Waals surface area contributed by atoms with Crippen LogP contribution in [0.15, 0.2) is 42.6 Å². The number of halogens is 2. The zero-order valence-electron chi connectivity index (χ0n) is 18.2. The minimum absolute atomic E-state index is 0.0269. The minimum Gasteiger partial charge on any atom is -0.489 e. The zero-order valence-corrected chi connectivity index (χ0v) is 20.6. The van der Waals surface area contributed by atoms with Gasteiger partial charge in [0.25, 0.3) is 0 Å². The Morgan fingerprint density at radius 1 is 1.20 bits per heavy atom. The molecule has 2 heterocycles. The second-order valence-corrected chi connectivity index (χ2v) is 9.80. The van der Waals surface area contributed by atoms with Crippen LogP contribution in [0, 0.1) is 11.3 Å². The van der Waals surface area contributed by atoms with Crippen molar-refractivity contribution in [2.45, 2.75) is 6.61 Å². The second kappa shape index (κ2) is 10.4. The van der Waals surface area contributed by atoms with Gasteiger partial charge in [0.2, 0.25) is 16.0 Å². The number of H-pyrrole nitrogens is 1. The van der Waals surface area contributed by atoms with E-state index in [1.807, 2.05) is 12.1 Å². The van der Waals surface area contributed by atoms with Gasteiger partial charge in [-0.15, -0.1) is 11.6 Å². The van der Waals surface area contributed by atoms with Crippen molar-refractivity contribution in [2.75, 3.05) is 23.5 Å². The van der Waals surface area contributed by atoms with Crippen LogP contribution in [-0.4, -0.2) is 47.3 Å². The topological polar surface area (TPSA) is 143 Å². The summed E-state index contributed by atoms with van der Waals surface area (Å²) in [7, 11) is -3.48. The molecule has 4 rings (SSSR count). The van der Waals surface area contributed by atoms with Crippen LogP contribution in [0.25, 0.3) is 22.2 Å². The third-order valence-electron chi connectivity index (χ3n) is 4.71. The molecule has 0 amide bonds. The number of anilines is 1. The van der Waals surface area contributed by atoms with Gasteiger partial charge in [0, 0.05) is 17.1 Å². The molecule has 0 spiro atoms. The maximum Gasteiger partial charge on any atom is 0.236 e. The van der Waals surface area contributed by atoms with E-state index in [9.17, 15) is 13.7 Å². The molecule has 2 aromatic carbocycles. The van der Waals surface area contributed by atoms with Gasteiger partial charge in [-0.05, 0) is 36.4 Å². The van der Waals surface area contributed by atoms with Gasteiger partial charge in [-0.1, -0.05) is 11.6 Å². The molecule has 2 aromatic heterocycles. The summed E-state index contributed by atoms with van der Waals surface area (Å²) in [4.78, 5) is 7.99. The second-order valence-electron chi connectivity index (χ2n) is 7.27. The van der Waals surface area contributed by atoms with E-state index in [1.54, 1.807) is 24.3 Å². The molecular weight excluding hydrogens is 515 g/mol. The van der Waals surface area contributed by atoms with Gasteiger partial charge < -0.3 is 9.47 Å². The summed E-state index contributed by atoms with van der Waals surface area (Å²) in [5.41, 5.74) is 2.66. The number of nitrogens with zero attached hydrogens (tertiary/aromatic N) is 4. The molecule has 35 heavy (non-hydrogen) atoms. The molecule has 0 aliphatic carbocycles. The predicted octanol–water partition coefficient (Wildman–Crippen LogP) is 4.11. The number of nitrogens with one attached hydrogen (secondary N) is 2. The maximum atomic E-state index is 11.4. The van der Waals surface area contributed by atoms with Crippen LogP contribution in [0.2, 0.25) is 5.02 Å². The first-order valence-electron chi connectivity index (χ1n) is 10.1. The molecule has 10 nitrogen and oxygen atoms in total. The number of alkyl halides is 1. The lowest BCUT2D eigenvalue weighted by atomic mass is 10.0. The highest BCUT2D eigenvalue weighted by Gasteiger charge is 2.19. The van der Waals surface area contributed by atoms with Crippen LogP contribution >= 0.6 is 23.2 Å². The van der Waals surface area contributed by atoms with E-state index in [2.05, 4.69) is 31.0 Å². The van der Waals surface area contributed by atoms with Crippen LogP contribution in [-0.2, 0) is 16.6 Å². The van der Waals surface area contributed by atoms with Crippen molar-refractivity contribution in [3.05, 3.63) is 58.9 Å². The Balaban J connectivity index is 1.53. The number of fused-ring (bicyclic) bond motifs is 1. The van der Waals surface area contributed by atoms with Crippen LogP contribution < -0.4 is 14.2 Å². The Morgan fingerprint density at radius 3 is 2.66 bits per heavy atom. The molecule has 4 aromatic rings. The van der Waals surface area contributed by atoms with E-state index < -0.39 is 10.0 Å². The molecule has 13 heteroatoms. The van der Waals surface area contributed by atoms with Gasteiger partial charge in [-0.3, -0.25) is 9.82 Å². The lowest BCUT2D eigenvalue weighted by molar-refractivity contribution is 0.301. The molecule has 180 valence electrons. The average molecular weight is 533 g/mol. The number of aromatic amines is 1. The number of sulfonamides is 1. The molecule has 0 aliphatic rings. The van der Waals surface area contributed by atoms with E-state index in [0.29, 0.717) is 28.0 Å². The highest BCUT2D eigenvalue weighted by molar-refractivity contribution is 7.91. The molecular formula is C22H18Cl2N6O4S. The number of benzene rings is 2. The fourth-order valence-electron chi connectivity index (χ4n) is 3.27. The molecule has 0 radical (unpaired) electrons. The van der Waals surface area contributed by atoms with Crippen molar-refractivity contribution in [1.82, 2.24) is 20.2 Å². The van der Waals surface area contributed by atoms with Crippen molar-refractivity contribution in [3.63, 3.8) is 0 Å². The van der Waals surface area contributed by atoms with E-state index in [0.717, 1.165) is 11.8 Å². The lowest BCUT2D eigenvalue weighted by Crippen LogP contribution is -2.13. The van der Waals surface area contributed by atoms with Crippen LogP contribution in [0.1, 0.15) is 11.3 Å². The van der Waals surface area contributed by atoms with Crippen molar-refractivity contribution in [1.29, 1.82) is 5.26 Å². The van der Waals surface area contributed by atoms with Gasteiger partial charge in [0.15, 0.2) is 5.75 Å². The van der Waals surface area contributed by atoms with E-state index >= 15 is 0 Å². The number of aromatic nitrogens is 4. The predicted molar refractivity (Wildman–Crippen MR) is 132 cm³/mol. The molecule has 2 N–H and O–H groups in total. The van der Waals surface area contributed by atoms with Gasteiger partial charge in [-0.2, -0.15) is 10.4 Å². The van der Waals surface area contributed by atoms with Gasteiger partial charge >= 0.3 is 0 Å². The number of nitriles is 1. The van der Waals surface area contributed by atoms with E-state index in [4.69, 9.17) is 32.7 Å². The minimum atomic E-state index is -3.48. The van der Waals surface area contributed by atoms with Crippen LogP contribution in [0.4, 0.5) is 5.95 Å². The SMILES string of the molecule is CS(=O)(=O)Nc1nccc(COc2ccc(-c3n[nH]c4c(C#N)c(OCCCl)c(Cl)cc34)cc2)n1. The molecule has 0 bridgehead atoms. The monoisotopic (exact) mass is 532 g/mol. The van der Waals surface area contributed by atoms with E-state index in [1.165, 1.54) is 6.20 Å². The Hall–Kier alpha value is -3.59. The van der Waals surface area contributed by atoms with Crippen molar-refractivity contribution in [3.8, 4) is 28.8 Å². The van der Waals surface area contributed by atoms with E-state index in [-0.39, 0.29) is 41.4 Å². The summed E-state index contributed by atoms with van der Waals surface area (Å²) < 4.78 is 36.2. The Bertz CT molecular complexity index is 1520. The zero-order chi connectivity index (χ0) is 25.0. The molecule has 0 atom stereocenters. The first kappa shape index (κ1) is 24.5. The summed E-state index contributed by atoms with van der Waals surface area (Å²) >= 11 is 12.1. The fraction of sp³-hybridized carbons (Fsp3) is 0.182. The van der Waals surface area contributed by atoms with Crippen molar-refractivity contribution in [2.24, 2.45) is 0 Å². The van der Waals surface area contributed by atoms with Crippen LogP contribution in [0.5, 0.6) is 11.5 Å². The lowest BCUT2D eigenvalue weighted by Gasteiger charge is -2.10.